The molecule has 1 aromatic carbocycles. The second kappa shape index (κ2) is 7.47. The Hall–Kier alpha value is -2.36. The summed E-state index contributed by atoms with van der Waals surface area (Å²) in [5.41, 5.74) is 2.31. The third kappa shape index (κ3) is 4.13. The van der Waals surface area contributed by atoms with Crippen LogP contribution in [0.3, 0.4) is 0 Å². The smallest absolute Gasteiger partial charge is 0.223 e. The first-order chi connectivity index (χ1) is 11.7. The summed E-state index contributed by atoms with van der Waals surface area (Å²) in [6.45, 7) is 2.79. The standard InChI is InChI=1S/C20H24N2O2/c1-15(17-3-7-19(24-2)8-4-17)13-20(23)22(18-5-6-18)14-16-9-11-21-12-10-16/h3-4,7-12,15,18H,5-6,13-14H2,1-2H3. The summed E-state index contributed by atoms with van der Waals surface area (Å²) in [5.74, 6) is 1.27. The van der Waals surface area contributed by atoms with Crippen LogP contribution >= 0.6 is 0 Å². The molecule has 1 aliphatic rings. The van der Waals surface area contributed by atoms with Crippen LogP contribution < -0.4 is 4.74 Å². The molecular weight excluding hydrogens is 300 g/mol. The maximum atomic E-state index is 12.8. The molecule has 3 rings (SSSR count). The molecule has 0 aliphatic heterocycles. The van der Waals surface area contributed by atoms with E-state index in [1.54, 1.807) is 19.5 Å². The topological polar surface area (TPSA) is 42.4 Å². The Morgan fingerprint density at radius 3 is 2.46 bits per heavy atom. The van der Waals surface area contributed by atoms with E-state index in [0.717, 1.165) is 24.2 Å². The number of rotatable bonds is 7. The lowest BCUT2D eigenvalue weighted by Gasteiger charge is -2.24. The highest BCUT2D eigenvalue weighted by Gasteiger charge is 2.33. The van der Waals surface area contributed by atoms with E-state index in [4.69, 9.17) is 4.74 Å². The largest absolute Gasteiger partial charge is 0.497 e. The van der Waals surface area contributed by atoms with Gasteiger partial charge in [0.1, 0.15) is 5.75 Å². The first-order valence-corrected chi connectivity index (χ1v) is 8.49. The number of aromatic nitrogens is 1. The molecule has 0 bridgehead atoms. The highest BCUT2D eigenvalue weighted by atomic mass is 16.5. The van der Waals surface area contributed by atoms with Gasteiger partial charge in [0.2, 0.25) is 5.91 Å². The number of ether oxygens (including phenoxy) is 1. The van der Waals surface area contributed by atoms with Gasteiger partial charge < -0.3 is 9.64 Å². The van der Waals surface area contributed by atoms with Gasteiger partial charge in [0.25, 0.3) is 0 Å². The Balaban J connectivity index is 1.64. The van der Waals surface area contributed by atoms with E-state index in [9.17, 15) is 4.79 Å². The first-order valence-electron chi connectivity index (χ1n) is 8.49. The van der Waals surface area contributed by atoms with Crippen molar-refractivity contribution >= 4 is 5.91 Å². The van der Waals surface area contributed by atoms with Crippen LogP contribution in [0.2, 0.25) is 0 Å². The fraction of sp³-hybridized carbons (Fsp3) is 0.400. The van der Waals surface area contributed by atoms with Crippen molar-refractivity contribution in [3.05, 3.63) is 59.9 Å². The van der Waals surface area contributed by atoms with E-state index in [0.29, 0.717) is 19.0 Å². The van der Waals surface area contributed by atoms with E-state index < -0.39 is 0 Å². The molecule has 126 valence electrons. The van der Waals surface area contributed by atoms with E-state index in [2.05, 4.69) is 11.9 Å². The van der Waals surface area contributed by atoms with Gasteiger partial charge in [-0.2, -0.15) is 0 Å². The quantitative estimate of drug-likeness (QED) is 0.778. The summed E-state index contributed by atoms with van der Waals surface area (Å²) in [6, 6.07) is 12.4. The number of hydrogen-bond donors (Lipinski definition) is 0. The number of hydrogen-bond acceptors (Lipinski definition) is 3. The number of carbonyl (C=O) groups is 1. The second-order valence-corrected chi connectivity index (χ2v) is 6.49. The van der Waals surface area contributed by atoms with Gasteiger partial charge in [0.15, 0.2) is 0 Å². The molecule has 24 heavy (non-hydrogen) atoms. The zero-order valence-electron chi connectivity index (χ0n) is 14.3. The fourth-order valence-corrected chi connectivity index (χ4v) is 2.92. The van der Waals surface area contributed by atoms with Crippen molar-refractivity contribution in [2.75, 3.05) is 7.11 Å². The zero-order chi connectivity index (χ0) is 16.9. The summed E-state index contributed by atoms with van der Waals surface area (Å²) in [4.78, 5) is 18.9. The fourth-order valence-electron chi connectivity index (χ4n) is 2.92. The van der Waals surface area contributed by atoms with Crippen LogP contribution in [0.5, 0.6) is 5.75 Å². The molecule has 1 aromatic heterocycles. The van der Waals surface area contributed by atoms with Crippen LogP contribution in [0.15, 0.2) is 48.8 Å². The molecular formula is C20H24N2O2. The highest BCUT2D eigenvalue weighted by molar-refractivity contribution is 5.77. The monoisotopic (exact) mass is 324 g/mol. The van der Waals surface area contributed by atoms with E-state index in [1.807, 2.05) is 41.3 Å². The van der Waals surface area contributed by atoms with Crippen LogP contribution in [0.25, 0.3) is 0 Å². The lowest BCUT2D eigenvalue weighted by atomic mass is 9.97. The third-order valence-electron chi connectivity index (χ3n) is 4.58. The molecule has 1 fully saturated rings. The van der Waals surface area contributed by atoms with E-state index in [-0.39, 0.29) is 11.8 Å². The normalized spacial score (nSPS) is 14.9. The van der Waals surface area contributed by atoms with Crippen molar-refractivity contribution in [1.82, 2.24) is 9.88 Å². The minimum absolute atomic E-state index is 0.196. The van der Waals surface area contributed by atoms with Crippen LogP contribution in [-0.4, -0.2) is 28.9 Å². The Morgan fingerprint density at radius 1 is 1.21 bits per heavy atom. The molecule has 1 heterocycles. The van der Waals surface area contributed by atoms with Crippen molar-refractivity contribution < 1.29 is 9.53 Å². The van der Waals surface area contributed by atoms with Crippen molar-refractivity contribution in [3.8, 4) is 5.75 Å². The SMILES string of the molecule is COc1ccc(C(C)CC(=O)N(Cc2ccncc2)C2CC2)cc1. The van der Waals surface area contributed by atoms with Crippen molar-refractivity contribution in [3.63, 3.8) is 0 Å². The number of carbonyl (C=O) groups excluding carboxylic acids is 1. The molecule has 1 unspecified atom stereocenters. The van der Waals surface area contributed by atoms with Crippen LogP contribution in [0.1, 0.15) is 43.2 Å². The van der Waals surface area contributed by atoms with E-state index >= 15 is 0 Å². The molecule has 0 radical (unpaired) electrons. The second-order valence-electron chi connectivity index (χ2n) is 6.49. The predicted molar refractivity (Wildman–Crippen MR) is 93.8 cm³/mol. The van der Waals surface area contributed by atoms with E-state index in [1.165, 1.54) is 5.56 Å². The van der Waals surface area contributed by atoms with Crippen LogP contribution in [0, 0.1) is 0 Å². The summed E-state index contributed by atoms with van der Waals surface area (Å²) in [6.07, 6.45) is 6.34. The van der Waals surface area contributed by atoms with Gasteiger partial charge in [-0.05, 0) is 54.2 Å². The van der Waals surface area contributed by atoms with Crippen LogP contribution in [-0.2, 0) is 11.3 Å². The number of methoxy groups -OCH3 is 1. The van der Waals surface area contributed by atoms with Gasteiger partial charge in [0.05, 0.1) is 7.11 Å². The minimum atomic E-state index is 0.196. The molecule has 0 N–H and O–H groups in total. The Bertz CT molecular complexity index is 666. The zero-order valence-corrected chi connectivity index (χ0v) is 14.3. The van der Waals surface area contributed by atoms with Gasteiger partial charge >= 0.3 is 0 Å². The summed E-state index contributed by atoms with van der Waals surface area (Å²) >= 11 is 0. The Morgan fingerprint density at radius 2 is 1.88 bits per heavy atom. The predicted octanol–water partition coefficient (Wildman–Crippen LogP) is 3.78. The van der Waals surface area contributed by atoms with Gasteiger partial charge in [-0.3, -0.25) is 9.78 Å². The molecule has 1 aliphatic carbocycles. The van der Waals surface area contributed by atoms with Gasteiger partial charge in [0, 0.05) is 31.4 Å². The molecule has 0 spiro atoms. The maximum Gasteiger partial charge on any atom is 0.223 e. The van der Waals surface area contributed by atoms with Gasteiger partial charge in [-0.15, -0.1) is 0 Å². The maximum absolute atomic E-state index is 12.8. The van der Waals surface area contributed by atoms with Crippen LogP contribution in [0.4, 0.5) is 0 Å². The molecule has 1 atom stereocenters. The molecule has 2 aromatic rings. The van der Waals surface area contributed by atoms with Crippen molar-refractivity contribution in [2.24, 2.45) is 0 Å². The third-order valence-corrected chi connectivity index (χ3v) is 4.58. The van der Waals surface area contributed by atoms with Crippen molar-refractivity contribution in [2.45, 2.75) is 44.7 Å². The summed E-state index contributed by atoms with van der Waals surface area (Å²) in [5, 5.41) is 0. The average molecular weight is 324 g/mol. The minimum Gasteiger partial charge on any atom is -0.497 e. The van der Waals surface area contributed by atoms with Gasteiger partial charge in [-0.25, -0.2) is 0 Å². The lowest BCUT2D eigenvalue weighted by molar-refractivity contribution is -0.132. The summed E-state index contributed by atoms with van der Waals surface area (Å²) < 4.78 is 5.19. The average Bonchev–Trinajstić information content (AvgIpc) is 3.45. The molecule has 0 saturated heterocycles. The molecule has 1 amide bonds. The number of amides is 1. The molecule has 1 saturated carbocycles. The number of pyridine rings is 1. The Labute approximate surface area is 143 Å². The first kappa shape index (κ1) is 16.5. The Kier molecular flexibility index (Phi) is 5.14. The lowest BCUT2D eigenvalue weighted by Crippen LogP contribution is -2.33. The summed E-state index contributed by atoms with van der Waals surface area (Å²) in [7, 11) is 1.66. The van der Waals surface area contributed by atoms with Crippen molar-refractivity contribution in [1.29, 1.82) is 0 Å². The number of benzene rings is 1. The molecule has 4 heteroatoms. The van der Waals surface area contributed by atoms with Gasteiger partial charge in [-0.1, -0.05) is 19.1 Å². The highest BCUT2D eigenvalue weighted by Crippen LogP contribution is 2.31. The molecule has 4 nitrogen and oxygen atoms in total. The number of nitrogens with zero attached hydrogens (tertiary/aromatic N) is 2.